The molecule has 1 aromatic carbocycles. The summed E-state index contributed by atoms with van der Waals surface area (Å²) in [5.41, 5.74) is 0.693. The number of aryl methyl sites for hydroxylation is 1. The quantitative estimate of drug-likeness (QED) is 0.244. The third-order valence-electron chi connectivity index (χ3n) is 3.87. The number of unbranched alkanes of at least 4 members (excludes halogenated alkanes) is 5. The van der Waals surface area contributed by atoms with Crippen molar-refractivity contribution in [2.24, 2.45) is 0 Å². The molecule has 0 heterocycles. The van der Waals surface area contributed by atoms with E-state index in [0.717, 1.165) is 25.7 Å². The summed E-state index contributed by atoms with van der Waals surface area (Å²) in [6.07, 6.45) is 6.13. The number of hydrogen-bond acceptors (Lipinski definition) is 4. The highest BCUT2D eigenvalue weighted by atomic mass is 35.5. The lowest BCUT2D eigenvalue weighted by molar-refractivity contribution is -0.385. The van der Waals surface area contributed by atoms with Crippen LogP contribution in [0, 0.1) is 17.0 Å². The van der Waals surface area contributed by atoms with Crippen molar-refractivity contribution < 1.29 is 13.3 Å². The zero-order valence-corrected chi connectivity index (χ0v) is 15.8. The summed E-state index contributed by atoms with van der Waals surface area (Å²) in [5.74, 6) is 0. The molecule has 0 N–H and O–H groups in total. The van der Waals surface area contributed by atoms with Crippen molar-refractivity contribution in [3.05, 3.63) is 33.9 Å². The van der Waals surface area contributed by atoms with Crippen LogP contribution in [-0.4, -0.2) is 25.1 Å². The Labute approximate surface area is 149 Å². The minimum absolute atomic E-state index is 0.0924. The van der Waals surface area contributed by atoms with E-state index in [0.29, 0.717) is 17.7 Å². The largest absolute Gasteiger partial charge is 0.274 e. The van der Waals surface area contributed by atoms with Crippen molar-refractivity contribution in [1.82, 2.24) is 0 Å². The van der Waals surface area contributed by atoms with E-state index in [4.69, 9.17) is 11.6 Å². The number of benzene rings is 1. The van der Waals surface area contributed by atoms with Gasteiger partial charge in [-0.05, 0) is 19.4 Å². The van der Waals surface area contributed by atoms with Crippen LogP contribution in [0.3, 0.4) is 0 Å². The molecule has 0 radical (unpaired) electrons. The summed E-state index contributed by atoms with van der Waals surface area (Å²) < 4.78 is 25.7. The van der Waals surface area contributed by atoms with Crippen LogP contribution in [0.5, 0.6) is 0 Å². The Kier molecular flexibility index (Phi) is 8.48. The molecule has 0 amide bonds. The zero-order chi connectivity index (χ0) is 18.2. The molecule has 24 heavy (non-hydrogen) atoms. The summed E-state index contributed by atoms with van der Waals surface area (Å²) in [6.45, 7) is 4.04. The Morgan fingerprint density at radius 1 is 1.17 bits per heavy atom. The van der Waals surface area contributed by atoms with E-state index in [1.54, 1.807) is 19.1 Å². The van der Waals surface area contributed by atoms with E-state index in [1.165, 1.54) is 16.8 Å². The van der Waals surface area contributed by atoms with Gasteiger partial charge in [-0.25, -0.2) is 8.42 Å². The molecule has 0 aliphatic heterocycles. The van der Waals surface area contributed by atoms with Crippen LogP contribution < -0.4 is 4.31 Å². The summed E-state index contributed by atoms with van der Waals surface area (Å²) >= 11 is 5.59. The molecule has 1 rings (SSSR count). The Morgan fingerprint density at radius 3 is 2.38 bits per heavy atom. The monoisotopic (exact) mass is 376 g/mol. The fourth-order valence-electron chi connectivity index (χ4n) is 2.47. The molecule has 0 bridgehead atoms. The van der Waals surface area contributed by atoms with Crippen molar-refractivity contribution in [2.45, 2.75) is 52.4 Å². The highest BCUT2D eigenvalue weighted by Gasteiger charge is 2.23. The fraction of sp³-hybridized carbons (Fsp3) is 0.625. The maximum Gasteiger partial charge on any atom is 0.274 e. The van der Waals surface area contributed by atoms with Gasteiger partial charge in [-0.15, -0.1) is 11.6 Å². The molecule has 0 aliphatic carbocycles. The lowest BCUT2D eigenvalue weighted by Gasteiger charge is -2.23. The van der Waals surface area contributed by atoms with Gasteiger partial charge in [-0.1, -0.05) is 45.1 Å². The van der Waals surface area contributed by atoms with E-state index in [1.807, 2.05) is 0 Å². The highest BCUT2D eigenvalue weighted by molar-refractivity contribution is 7.93. The van der Waals surface area contributed by atoms with Crippen LogP contribution in [0.15, 0.2) is 18.2 Å². The lowest BCUT2D eigenvalue weighted by Crippen LogP contribution is -2.32. The molecule has 0 aromatic heterocycles. The van der Waals surface area contributed by atoms with Gasteiger partial charge in [0.25, 0.3) is 5.69 Å². The van der Waals surface area contributed by atoms with E-state index < -0.39 is 20.2 Å². The Bertz CT molecular complexity index is 649. The summed E-state index contributed by atoms with van der Waals surface area (Å²) in [7, 11) is -3.69. The third kappa shape index (κ3) is 5.94. The Morgan fingerprint density at radius 2 is 1.79 bits per heavy atom. The van der Waals surface area contributed by atoms with Gasteiger partial charge in [0.15, 0.2) is 0 Å². The number of anilines is 1. The molecule has 6 nitrogen and oxygen atoms in total. The minimum atomic E-state index is -3.69. The van der Waals surface area contributed by atoms with Crippen molar-refractivity contribution in [2.75, 3.05) is 16.1 Å². The first-order valence-electron chi connectivity index (χ1n) is 8.15. The van der Waals surface area contributed by atoms with Gasteiger partial charge in [0.2, 0.25) is 10.0 Å². The number of sulfonamides is 1. The van der Waals surface area contributed by atoms with Gasteiger partial charge >= 0.3 is 0 Å². The number of nitro groups is 1. The van der Waals surface area contributed by atoms with Gasteiger partial charge in [0.05, 0.1) is 10.6 Å². The van der Waals surface area contributed by atoms with Gasteiger partial charge in [-0.3, -0.25) is 14.4 Å². The van der Waals surface area contributed by atoms with E-state index >= 15 is 0 Å². The number of hydrogen-bond donors (Lipinski definition) is 0. The SMILES string of the molecule is CCCCCCCCN(c1ccc(C)c([N+](=O)[O-])c1)S(=O)(=O)CCl. The van der Waals surface area contributed by atoms with Gasteiger partial charge in [0.1, 0.15) is 5.21 Å². The normalized spacial score (nSPS) is 11.5. The van der Waals surface area contributed by atoms with Gasteiger partial charge < -0.3 is 0 Å². The van der Waals surface area contributed by atoms with Crippen LogP contribution in [0.2, 0.25) is 0 Å². The summed E-state index contributed by atoms with van der Waals surface area (Å²) in [5, 5.41) is 10.5. The Hall–Kier alpha value is -1.34. The lowest BCUT2D eigenvalue weighted by atomic mass is 10.1. The molecule has 8 heteroatoms. The van der Waals surface area contributed by atoms with Crippen molar-refractivity contribution in [3.63, 3.8) is 0 Å². The number of halogens is 1. The second kappa shape index (κ2) is 9.84. The molecule has 0 unspecified atom stereocenters. The number of alkyl halides is 1. The molecule has 0 aliphatic rings. The predicted octanol–water partition coefficient (Wildman–Crippen LogP) is 4.60. The predicted molar refractivity (Wildman–Crippen MR) is 98.2 cm³/mol. The molecule has 0 atom stereocenters. The molecule has 136 valence electrons. The van der Waals surface area contributed by atoms with Crippen LogP contribution in [-0.2, 0) is 10.0 Å². The average molecular weight is 377 g/mol. The fourth-order valence-corrected chi connectivity index (χ4v) is 3.79. The summed E-state index contributed by atoms with van der Waals surface area (Å²) in [6, 6.07) is 4.45. The first-order valence-corrected chi connectivity index (χ1v) is 10.3. The van der Waals surface area contributed by atoms with Crippen LogP contribution in [0.25, 0.3) is 0 Å². The van der Waals surface area contributed by atoms with Gasteiger partial charge in [-0.2, -0.15) is 0 Å². The maximum absolute atomic E-state index is 12.3. The topological polar surface area (TPSA) is 80.5 Å². The molecule has 0 saturated carbocycles. The number of nitro benzene ring substituents is 1. The van der Waals surface area contributed by atoms with Crippen LogP contribution in [0.4, 0.5) is 11.4 Å². The van der Waals surface area contributed by atoms with E-state index in [2.05, 4.69) is 6.92 Å². The first kappa shape index (κ1) is 20.7. The van der Waals surface area contributed by atoms with Crippen LogP contribution >= 0.6 is 11.6 Å². The number of nitrogens with zero attached hydrogens (tertiary/aromatic N) is 2. The van der Waals surface area contributed by atoms with E-state index in [-0.39, 0.29) is 12.2 Å². The van der Waals surface area contributed by atoms with Crippen LogP contribution in [0.1, 0.15) is 51.0 Å². The Balaban J connectivity index is 2.91. The third-order valence-corrected chi connectivity index (χ3v) is 6.03. The van der Waals surface area contributed by atoms with Crippen molar-refractivity contribution in [1.29, 1.82) is 0 Å². The van der Waals surface area contributed by atoms with E-state index in [9.17, 15) is 18.5 Å². The van der Waals surface area contributed by atoms with Crippen molar-refractivity contribution in [3.8, 4) is 0 Å². The molecule has 0 saturated heterocycles. The number of rotatable bonds is 11. The molecular formula is C16H25ClN2O4S. The van der Waals surface area contributed by atoms with Gasteiger partial charge in [0, 0.05) is 18.2 Å². The van der Waals surface area contributed by atoms with Crippen molar-refractivity contribution >= 4 is 33.0 Å². The average Bonchev–Trinajstić information content (AvgIpc) is 2.54. The molecule has 1 aromatic rings. The second-order valence-corrected chi connectivity index (χ2v) is 8.27. The highest BCUT2D eigenvalue weighted by Crippen LogP contribution is 2.27. The minimum Gasteiger partial charge on any atom is -0.269 e. The first-order chi connectivity index (χ1) is 11.3. The molecular weight excluding hydrogens is 352 g/mol. The standard InChI is InChI=1S/C16H25ClN2O4S/c1-3-4-5-6-7-8-11-18(24(22,23)13-17)15-10-9-14(2)16(12-15)19(20)21/h9-10,12H,3-8,11,13H2,1-2H3. The zero-order valence-electron chi connectivity index (χ0n) is 14.2. The maximum atomic E-state index is 12.3. The smallest absolute Gasteiger partial charge is 0.269 e. The molecule has 0 spiro atoms. The summed E-state index contributed by atoms with van der Waals surface area (Å²) in [4.78, 5) is 10.6. The second-order valence-electron chi connectivity index (χ2n) is 5.79. The molecule has 0 fully saturated rings.